The van der Waals surface area contributed by atoms with Crippen molar-refractivity contribution in [3.05, 3.63) is 30.0 Å². The quantitative estimate of drug-likeness (QED) is 0.642. The maximum Gasteiger partial charge on any atom is 0.315 e. The number of carboxylic acid groups (broad SMARTS) is 1. The number of pyridine rings is 1. The SMILES string of the molecule is CC(C)Oc1cc2c(O[C@@H]3CCCN(C(=O)C(F)F)C3)ccnc2cc1C(N)=O.O=CO. The van der Waals surface area contributed by atoms with Gasteiger partial charge in [-0.1, -0.05) is 0 Å². The lowest BCUT2D eigenvalue weighted by molar-refractivity contribution is -0.145. The first kappa shape index (κ1) is 24.8. The summed E-state index contributed by atoms with van der Waals surface area (Å²) in [7, 11) is 0. The number of nitrogens with zero attached hydrogens (tertiary/aromatic N) is 2. The lowest BCUT2D eigenvalue weighted by atomic mass is 10.1. The molecule has 1 atom stereocenters. The Morgan fingerprint density at radius 3 is 2.59 bits per heavy atom. The standard InChI is InChI=1S/C20H23F2N3O4.CH2O2/c1-11(2)28-17-9-13-15(8-14(17)19(23)26)24-6-5-16(13)29-12-4-3-7-25(10-12)20(27)18(21)22;2-1-3/h5-6,8-9,11-12,18H,3-4,7,10H2,1-2H3,(H2,23,26);1H,(H,2,3)/t12-;/m1./s1. The number of nitrogens with two attached hydrogens (primary N) is 1. The van der Waals surface area contributed by atoms with Crippen LogP contribution in [0.5, 0.6) is 11.5 Å². The van der Waals surface area contributed by atoms with Crippen molar-refractivity contribution in [1.29, 1.82) is 0 Å². The second-order valence-corrected chi connectivity index (χ2v) is 7.28. The zero-order chi connectivity index (χ0) is 23.8. The summed E-state index contributed by atoms with van der Waals surface area (Å²) in [6, 6.07) is 4.83. The molecule has 11 heteroatoms. The van der Waals surface area contributed by atoms with Gasteiger partial charge in [0.05, 0.1) is 23.7 Å². The van der Waals surface area contributed by atoms with Crippen molar-refractivity contribution in [3.63, 3.8) is 0 Å². The Morgan fingerprint density at radius 1 is 1.31 bits per heavy atom. The second-order valence-electron chi connectivity index (χ2n) is 7.28. The molecule has 1 fully saturated rings. The van der Waals surface area contributed by atoms with Gasteiger partial charge >= 0.3 is 6.43 Å². The highest BCUT2D eigenvalue weighted by molar-refractivity contribution is 6.01. The molecule has 0 aliphatic carbocycles. The van der Waals surface area contributed by atoms with E-state index in [0.29, 0.717) is 35.2 Å². The maximum absolute atomic E-state index is 12.7. The molecule has 2 aromatic rings. The minimum Gasteiger partial charge on any atom is -0.490 e. The summed E-state index contributed by atoms with van der Waals surface area (Å²) in [5.74, 6) is -1.03. The third-order valence-electron chi connectivity index (χ3n) is 4.60. The predicted molar refractivity (Wildman–Crippen MR) is 111 cm³/mol. The number of likely N-dealkylation sites (tertiary alicyclic amines) is 1. The maximum atomic E-state index is 12.7. The molecule has 1 aromatic carbocycles. The molecule has 1 aliphatic rings. The molecule has 3 N–H and O–H groups in total. The molecule has 2 amide bonds. The van der Waals surface area contributed by atoms with Crippen LogP contribution in [-0.2, 0) is 9.59 Å². The molecule has 1 saturated heterocycles. The molecule has 2 heterocycles. The van der Waals surface area contributed by atoms with Crippen molar-refractivity contribution in [3.8, 4) is 11.5 Å². The monoisotopic (exact) mass is 453 g/mol. The number of hydrogen-bond acceptors (Lipinski definition) is 6. The van der Waals surface area contributed by atoms with Gasteiger partial charge in [-0.15, -0.1) is 0 Å². The summed E-state index contributed by atoms with van der Waals surface area (Å²) < 4.78 is 37.2. The molecule has 0 radical (unpaired) electrons. The number of aromatic nitrogens is 1. The van der Waals surface area contributed by atoms with Crippen LogP contribution in [0.4, 0.5) is 8.78 Å². The van der Waals surface area contributed by atoms with E-state index in [1.54, 1.807) is 12.1 Å². The highest BCUT2D eigenvalue weighted by Crippen LogP contribution is 2.33. The number of benzene rings is 1. The van der Waals surface area contributed by atoms with Gasteiger partial charge in [0.15, 0.2) is 0 Å². The minimum atomic E-state index is -3.03. The zero-order valence-corrected chi connectivity index (χ0v) is 17.7. The number of amides is 2. The van der Waals surface area contributed by atoms with Crippen LogP contribution in [0.25, 0.3) is 10.9 Å². The molecule has 0 unspecified atom stereocenters. The van der Waals surface area contributed by atoms with Crippen LogP contribution in [-0.4, -0.2) is 65.0 Å². The smallest absolute Gasteiger partial charge is 0.315 e. The molecule has 0 saturated carbocycles. The highest BCUT2D eigenvalue weighted by atomic mass is 19.3. The summed E-state index contributed by atoms with van der Waals surface area (Å²) in [6.07, 6.45) is -0.915. The van der Waals surface area contributed by atoms with Crippen molar-refractivity contribution in [2.45, 2.75) is 45.3 Å². The third kappa shape index (κ3) is 6.25. The average molecular weight is 453 g/mol. The summed E-state index contributed by atoms with van der Waals surface area (Å²) in [4.78, 5) is 37.1. The topological polar surface area (TPSA) is 132 Å². The van der Waals surface area contributed by atoms with Crippen molar-refractivity contribution >= 4 is 29.2 Å². The van der Waals surface area contributed by atoms with Gasteiger partial charge in [0, 0.05) is 18.1 Å². The summed E-state index contributed by atoms with van der Waals surface area (Å²) in [5.41, 5.74) is 6.16. The number of rotatable bonds is 6. The van der Waals surface area contributed by atoms with E-state index in [9.17, 15) is 18.4 Å². The first-order chi connectivity index (χ1) is 15.2. The largest absolute Gasteiger partial charge is 0.490 e. The number of alkyl halides is 2. The van der Waals surface area contributed by atoms with Gasteiger partial charge in [-0.25, -0.2) is 0 Å². The molecule has 9 nitrogen and oxygen atoms in total. The molecule has 32 heavy (non-hydrogen) atoms. The zero-order valence-electron chi connectivity index (χ0n) is 17.7. The fourth-order valence-corrected chi connectivity index (χ4v) is 3.35. The molecular weight excluding hydrogens is 428 g/mol. The number of piperidine rings is 1. The van der Waals surface area contributed by atoms with Gasteiger partial charge in [-0.2, -0.15) is 8.78 Å². The van der Waals surface area contributed by atoms with Crippen LogP contribution in [0, 0.1) is 0 Å². The molecule has 0 bridgehead atoms. The number of ether oxygens (including phenoxy) is 2. The fourth-order valence-electron chi connectivity index (χ4n) is 3.35. The average Bonchev–Trinajstić information content (AvgIpc) is 2.73. The molecule has 0 spiro atoms. The molecule has 1 aliphatic heterocycles. The minimum absolute atomic E-state index is 0.0850. The van der Waals surface area contributed by atoms with Crippen LogP contribution in [0.15, 0.2) is 24.4 Å². The third-order valence-corrected chi connectivity index (χ3v) is 4.60. The van der Waals surface area contributed by atoms with E-state index in [1.165, 1.54) is 12.3 Å². The van der Waals surface area contributed by atoms with Gasteiger partial charge in [0.1, 0.15) is 17.6 Å². The van der Waals surface area contributed by atoms with E-state index in [0.717, 1.165) is 4.90 Å². The van der Waals surface area contributed by atoms with E-state index in [4.69, 9.17) is 25.1 Å². The Balaban J connectivity index is 0.00000114. The van der Waals surface area contributed by atoms with Gasteiger partial charge in [-0.05, 0) is 44.9 Å². The van der Waals surface area contributed by atoms with Crippen LogP contribution >= 0.6 is 0 Å². The Bertz CT molecular complexity index is 970. The van der Waals surface area contributed by atoms with E-state index in [1.807, 2.05) is 13.8 Å². The van der Waals surface area contributed by atoms with E-state index < -0.39 is 24.3 Å². The van der Waals surface area contributed by atoms with Gasteiger partial charge in [0.25, 0.3) is 18.3 Å². The molecule has 3 rings (SSSR count). The lowest BCUT2D eigenvalue weighted by Gasteiger charge is -2.32. The Morgan fingerprint density at radius 2 is 2.00 bits per heavy atom. The van der Waals surface area contributed by atoms with Crippen molar-refractivity contribution in [2.24, 2.45) is 5.73 Å². The van der Waals surface area contributed by atoms with Gasteiger partial charge in [-0.3, -0.25) is 19.4 Å². The van der Waals surface area contributed by atoms with E-state index >= 15 is 0 Å². The summed E-state index contributed by atoms with van der Waals surface area (Å²) in [5, 5.41) is 7.49. The second kappa shape index (κ2) is 11.2. The van der Waals surface area contributed by atoms with Gasteiger partial charge in [0.2, 0.25) is 0 Å². The first-order valence-corrected chi connectivity index (χ1v) is 9.88. The summed E-state index contributed by atoms with van der Waals surface area (Å²) in [6.45, 7) is 3.77. The number of hydrogen-bond donors (Lipinski definition) is 2. The van der Waals surface area contributed by atoms with E-state index in [2.05, 4.69) is 4.98 Å². The number of carbonyl (C=O) groups is 3. The van der Waals surface area contributed by atoms with Crippen molar-refractivity contribution in [1.82, 2.24) is 9.88 Å². The molecular formula is C21H25F2N3O6. The number of primary amides is 1. The van der Waals surface area contributed by atoms with Gasteiger partial charge < -0.3 is 25.2 Å². The van der Waals surface area contributed by atoms with Crippen LogP contribution in [0.1, 0.15) is 37.0 Å². The Kier molecular flexibility index (Phi) is 8.68. The first-order valence-electron chi connectivity index (χ1n) is 9.88. The van der Waals surface area contributed by atoms with E-state index in [-0.39, 0.29) is 31.2 Å². The van der Waals surface area contributed by atoms with Crippen LogP contribution in [0.3, 0.4) is 0 Å². The number of halogens is 2. The predicted octanol–water partition coefficient (Wildman–Crippen LogP) is 2.46. The normalized spacial score (nSPS) is 15.8. The molecule has 174 valence electrons. The number of fused-ring (bicyclic) bond motifs is 1. The Hall–Kier alpha value is -3.50. The fraction of sp³-hybridized carbons (Fsp3) is 0.429. The lowest BCUT2D eigenvalue weighted by Crippen LogP contribution is -2.46. The van der Waals surface area contributed by atoms with Crippen LogP contribution < -0.4 is 15.2 Å². The highest BCUT2D eigenvalue weighted by Gasteiger charge is 2.30. The van der Waals surface area contributed by atoms with Crippen molar-refractivity contribution in [2.75, 3.05) is 13.1 Å². The summed E-state index contributed by atoms with van der Waals surface area (Å²) >= 11 is 0. The Labute approximate surface area is 183 Å². The van der Waals surface area contributed by atoms with Crippen LogP contribution in [0.2, 0.25) is 0 Å². The molecule has 1 aromatic heterocycles. The number of carbonyl (C=O) groups excluding carboxylic acids is 2. The van der Waals surface area contributed by atoms with Crippen molar-refractivity contribution < 1.29 is 37.7 Å².